The number of thioether (sulfide) groups is 1. The van der Waals surface area contributed by atoms with Crippen molar-refractivity contribution < 1.29 is 14.4 Å². The molecule has 0 spiro atoms. The second-order valence-electron chi connectivity index (χ2n) is 7.34. The SMILES string of the molecule is O=C1CCC(N2Cc3c(SCCCCCCCCBr)cccc3C2=O)C(=O)N1. The topological polar surface area (TPSA) is 66.5 Å². The monoisotopic (exact) mass is 466 g/mol. The lowest BCUT2D eigenvalue weighted by atomic mass is 10.0. The van der Waals surface area contributed by atoms with Gasteiger partial charge in [0.05, 0.1) is 0 Å². The van der Waals surface area contributed by atoms with Crippen LogP contribution in [-0.2, 0) is 16.1 Å². The van der Waals surface area contributed by atoms with Gasteiger partial charge in [0.2, 0.25) is 11.8 Å². The number of hydrogen-bond acceptors (Lipinski definition) is 4. The first-order valence-electron chi connectivity index (χ1n) is 10.1. The Balaban J connectivity index is 1.54. The van der Waals surface area contributed by atoms with Crippen molar-refractivity contribution in [3.8, 4) is 0 Å². The van der Waals surface area contributed by atoms with E-state index in [2.05, 4.69) is 27.3 Å². The number of halogens is 1. The summed E-state index contributed by atoms with van der Waals surface area (Å²) in [5.74, 6) is 0.334. The van der Waals surface area contributed by atoms with Gasteiger partial charge in [0, 0.05) is 28.8 Å². The van der Waals surface area contributed by atoms with Gasteiger partial charge in [0.25, 0.3) is 5.91 Å². The van der Waals surface area contributed by atoms with E-state index in [0.29, 0.717) is 18.5 Å². The summed E-state index contributed by atoms with van der Waals surface area (Å²) in [5.41, 5.74) is 1.73. The largest absolute Gasteiger partial charge is 0.322 e. The molecule has 1 saturated heterocycles. The fraction of sp³-hybridized carbons (Fsp3) is 0.571. The fourth-order valence-corrected chi connectivity index (χ4v) is 5.27. The van der Waals surface area contributed by atoms with E-state index < -0.39 is 6.04 Å². The quantitative estimate of drug-likeness (QED) is 0.242. The van der Waals surface area contributed by atoms with Crippen molar-refractivity contribution in [3.63, 3.8) is 0 Å². The highest BCUT2D eigenvalue weighted by molar-refractivity contribution is 9.09. The van der Waals surface area contributed by atoms with Gasteiger partial charge in [-0.25, -0.2) is 0 Å². The Labute approximate surface area is 179 Å². The molecule has 7 heteroatoms. The number of nitrogens with zero attached hydrogens (tertiary/aromatic N) is 1. The third-order valence-corrected chi connectivity index (χ3v) is 7.07. The number of rotatable bonds is 10. The molecule has 152 valence electrons. The Hall–Kier alpha value is -1.34. The zero-order valence-electron chi connectivity index (χ0n) is 16.0. The van der Waals surface area contributed by atoms with Crippen molar-refractivity contribution in [2.24, 2.45) is 0 Å². The standard InChI is InChI=1S/C21H27BrN2O3S/c22-12-5-3-1-2-4-6-13-28-18-9-7-8-15-16(18)14-24(21(15)27)17-10-11-19(25)23-20(17)26/h7-9,17H,1-6,10-14H2,(H,23,25,26). The number of alkyl halides is 1. The average molecular weight is 467 g/mol. The highest BCUT2D eigenvalue weighted by Gasteiger charge is 2.39. The molecule has 1 unspecified atom stereocenters. The molecule has 3 amide bonds. The van der Waals surface area contributed by atoms with Gasteiger partial charge in [-0.2, -0.15) is 0 Å². The molecule has 1 atom stereocenters. The Morgan fingerprint density at radius 3 is 2.57 bits per heavy atom. The maximum absolute atomic E-state index is 12.8. The summed E-state index contributed by atoms with van der Waals surface area (Å²) in [5, 5.41) is 3.45. The summed E-state index contributed by atoms with van der Waals surface area (Å²) >= 11 is 5.27. The van der Waals surface area contributed by atoms with E-state index in [1.165, 1.54) is 38.5 Å². The average Bonchev–Trinajstić information content (AvgIpc) is 3.01. The molecule has 0 saturated carbocycles. The van der Waals surface area contributed by atoms with Gasteiger partial charge in [-0.05, 0) is 42.7 Å². The summed E-state index contributed by atoms with van der Waals surface area (Å²) in [6.45, 7) is 0.455. The summed E-state index contributed by atoms with van der Waals surface area (Å²) in [6, 6.07) is 5.29. The first-order valence-corrected chi connectivity index (χ1v) is 12.2. The molecule has 1 N–H and O–H groups in total. The Morgan fingerprint density at radius 2 is 1.82 bits per heavy atom. The highest BCUT2D eigenvalue weighted by atomic mass is 79.9. The molecule has 2 heterocycles. The fourth-order valence-electron chi connectivity index (χ4n) is 3.78. The molecule has 0 bridgehead atoms. The third-order valence-electron chi connectivity index (χ3n) is 5.32. The Morgan fingerprint density at radius 1 is 1.07 bits per heavy atom. The number of unbranched alkanes of at least 4 members (excludes halogenated alkanes) is 5. The molecular formula is C21H27BrN2O3S. The van der Waals surface area contributed by atoms with Crippen LogP contribution in [0.3, 0.4) is 0 Å². The van der Waals surface area contributed by atoms with Crippen molar-refractivity contribution in [3.05, 3.63) is 29.3 Å². The van der Waals surface area contributed by atoms with Gasteiger partial charge in [0.1, 0.15) is 6.04 Å². The van der Waals surface area contributed by atoms with Gasteiger partial charge in [0.15, 0.2) is 0 Å². The zero-order valence-corrected chi connectivity index (χ0v) is 18.4. The van der Waals surface area contributed by atoms with Gasteiger partial charge >= 0.3 is 0 Å². The summed E-state index contributed by atoms with van der Waals surface area (Å²) < 4.78 is 0. The smallest absolute Gasteiger partial charge is 0.255 e. The zero-order chi connectivity index (χ0) is 19.9. The van der Waals surface area contributed by atoms with E-state index >= 15 is 0 Å². The summed E-state index contributed by atoms with van der Waals surface area (Å²) in [4.78, 5) is 39.2. The molecule has 0 aromatic heterocycles. The van der Waals surface area contributed by atoms with E-state index in [0.717, 1.165) is 21.5 Å². The number of fused-ring (bicyclic) bond motifs is 1. The molecule has 1 aromatic rings. The number of benzene rings is 1. The van der Waals surface area contributed by atoms with Gasteiger partial charge in [-0.15, -0.1) is 11.8 Å². The van der Waals surface area contributed by atoms with Crippen molar-refractivity contribution in [2.45, 2.75) is 68.8 Å². The lowest BCUT2D eigenvalue weighted by molar-refractivity contribution is -0.136. The molecule has 0 aliphatic carbocycles. The Bertz CT molecular complexity index is 740. The van der Waals surface area contributed by atoms with Gasteiger partial charge in [-0.3, -0.25) is 19.7 Å². The van der Waals surface area contributed by atoms with Crippen molar-refractivity contribution in [2.75, 3.05) is 11.1 Å². The minimum Gasteiger partial charge on any atom is -0.322 e. The van der Waals surface area contributed by atoms with Gasteiger partial charge in [-0.1, -0.05) is 47.7 Å². The predicted molar refractivity (Wildman–Crippen MR) is 115 cm³/mol. The summed E-state index contributed by atoms with van der Waals surface area (Å²) in [6.07, 6.45) is 8.23. The van der Waals surface area contributed by atoms with Crippen LogP contribution in [0.1, 0.15) is 67.3 Å². The molecule has 1 aromatic carbocycles. The van der Waals surface area contributed by atoms with E-state index in [1.807, 2.05) is 12.1 Å². The van der Waals surface area contributed by atoms with E-state index in [9.17, 15) is 14.4 Å². The molecule has 2 aliphatic rings. The van der Waals surface area contributed by atoms with Crippen LogP contribution in [0.15, 0.2) is 23.1 Å². The number of piperidine rings is 1. The van der Waals surface area contributed by atoms with Crippen molar-refractivity contribution in [1.82, 2.24) is 10.2 Å². The maximum Gasteiger partial charge on any atom is 0.255 e. The lowest BCUT2D eigenvalue weighted by Gasteiger charge is -2.29. The molecule has 5 nitrogen and oxygen atoms in total. The van der Waals surface area contributed by atoms with Crippen LogP contribution in [0.5, 0.6) is 0 Å². The molecule has 28 heavy (non-hydrogen) atoms. The maximum atomic E-state index is 12.8. The molecule has 2 aliphatic heterocycles. The molecule has 3 rings (SSSR count). The normalized spacial score (nSPS) is 19.1. The number of carbonyl (C=O) groups is 3. The molecule has 1 fully saturated rings. The van der Waals surface area contributed by atoms with Crippen molar-refractivity contribution >= 4 is 45.4 Å². The van der Waals surface area contributed by atoms with Crippen LogP contribution in [0.25, 0.3) is 0 Å². The van der Waals surface area contributed by atoms with Crippen LogP contribution in [-0.4, -0.2) is 39.7 Å². The highest BCUT2D eigenvalue weighted by Crippen LogP contribution is 2.34. The predicted octanol–water partition coefficient (Wildman–Crippen LogP) is 4.28. The second-order valence-corrected chi connectivity index (χ2v) is 9.27. The minimum atomic E-state index is -0.546. The number of amides is 3. The van der Waals surface area contributed by atoms with Crippen LogP contribution in [0.4, 0.5) is 0 Å². The third kappa shape index (κ3) is 5.17. The number of carbonyl (C=O) groups excluding carboxylic acids is 3. The van der Waals surface area contributed by atoms with E-state index in [1.54, 1.807) is 16.7 Å². The lowest BCUT2D eigenvalue weighted by Crippen LogP contribution is -2.52. The number of nitrogens with one attached hydrogen (secondary N) is 1. The molecular weight excluding hydrogens is 440 g/mol. The van der Waals surface area contributed by atoms with E-state index in [-0.39, 0.29) is 24.1 Å². The molecule has 0 radical (unpaired) electrons. The number of hydrogen-bond donors (Lipinski definition) is 1. The Kier molecular flexibility index (Phi) is 7.97. The first kappa shape index (κ1) is 21.4. The minimum absolute atomic E-state index is 0.0984. The van der Waals surface area contributed by atoms with Gasteiger partial charge < -0.3 is 4.90 Å². The van der Waals surface area contributed by atoms with Crippen molar-refractivity contribution in [1.29, 1.82) is 0 Å². The second kappa shape index (κ2) is 10.4. The van der Waals surface area contributed by atoms with E-state index in [4.69, 9.17) is 0 Å². The van der Waals surface area contributed by atoms with Crippen LogP contribution < -0.4 is 5.32 Å². The van der Waals surface area contributed by atoms with Crippen LogP contribution >= 0.6 is 27.7 Å². The first-order chi connectivity index (χ1) is 13.6. The number of imide groups is 1. The summed E-state index contributed by atoms with van der Waals surface area (Å²) in [7, 11) is 0. The van der Waals surface area contributed by atoms with Crippen LogP contribution in [0.2, 0.25) is 0 Å². The van der Waals surface area contributed by atoms with Crippen LogP contribution in [0, 0.1) is 0 Å².